The smallest absolute Gasteiger partial charge is 0.273 e. The van der Waals surface area contributed by atoms with Gasteiger partial charge in [-0.25, -0.2) is 12.8 Å². The number of hydrogen-bond donors (Lipinski definition) is 1. The van der Waals surface area contributed by atoms with Crippen LogP contribution in [0.25, 0.3) is 0 Å². The zero-order valence-electron chi connectivity index (χ0n) is 11.2. The average molecular weight is 345 g/mol. The number of nitrogens with zero attached hydrogens (tertiary/aromatic N) is 1. The maximum atomic E-state index is 13.8. The molecule has 0 amide bonds. The van der Waals surface area contributed by atoms with Crippen molar-refractivity contribution in [1.82, 2.24) is 0 Å². The van der Waals surface area contributed by atoms with Crippen LogP contribution in [0.5, 0.6) is 0 Å². The number of benzene rings is 2. The predicted octanol–water partition coefficient (Wildman–Crippen LogP) is 3.50. The third kappa shape index (κ3) is 3.02. The lowest BCUT2D eigenvalue weighted by Gasteiger charge is -2.11. The van der Waals surface area contributed by atoms with Crippen LogP contribution in [0.4, 0.5) is 15.8 Å². The summed E-state index contributed by atoms with van der Waals surface area (Å²) in [5, 5.41) is 10.6. The Bertz CT molecular complexity index is 855. The molecule has 2 rings (SSSR count). The summed E-state index contributed by atoms with van der Waals surface area (Å²) in [6.45, 7) is 1.31. The van der Waals surface area contributed by atoms with Crippen LogP contribution in [-0.2, 0) is 10.0 Å². The summed E-state index contributed by atoms with van der Waals surface area (Å²) in [4.78, 5) is 9.88. The molecule has 22 heavy (non-hydrogen) atoms. The Labute approximate surface area is 130 Å². The van der Waals surface area contributed by atoms with Crippen LogP contribution in [0.3, 0.4) is 0 Å². The van der Waals surface area contributed by atoms with E-state index < -0.39 is 20.8 Å². The zero-order valence-corrected chi connectivity index (χ0v) is 12.8. The molecular weight excluding hydrogens is 335 g/mol. The molecule has 0 aliphatic carbocycles. The Hall–Kier alpha value is -2.19. The van der Waals surface area contributed by atoms with E-state index in [2.05, 4.69) is 0 Å². The molecule has 6 nitrogen and oxygen atoms in total. The Morgan fingerprint density at radius 1 is 1.23 bits per heavy atom. The molecule has 0 spiro atoms. The molecule has 2 aromatic carbocycles. The molecule has 0 atom stereocenters. The molecule has 0 aromatic heterocycles. The van der Waals surface area contributed by atoms with Gasteiger partial charge >= 0.3 is 0 Å². The van der Waals surface area contributed by atoms with Gasteiger partial charge in [0.1, 0.15) is 0 Å². The van der Waals surface area contributed by atoms with Crippen LogP contribution >= 0.6 is 11.6 Å². The van der Waals surface area contributed by atoms with Crippen molar-refractivity contribution >= 4 is 33.0 Å². The molecule has 0 saturated carbocycles. The number of nitro groups is 1. The monoisotopic (exact) mass is 344 g/mol. The first-order valence-electron chi connectivity index (χ1n) is 5.95. The van der Waals surface area contributed by atoms with Crippen molar-refractivity contribution in [2.45, 2.75) is 11.8 Å². The van der Waals surface area contributed by atoms with Crippen molar-refractivity contribution in [3.05, 3.63) is 62.9 Å². The number of hydrogen-bond acceptors (Lipinski definition) is 4. The number of nitrogens with one attached hydrogen (secondary N) is 1. The van der Waals surface area contributed by atoms with E-state index in [0.29, 0.717) is 0 Å². The largest absolute Gasteiger partial charge is 0.277 e. The van der Waals surface area contributed by atoms with Gasteiger partial charge in [-0.1, -0.05) is 23.7 Å². The Kier molecular flexibility index (Phi) is 4.34. The number of rotatable bonds is 4. The van der Waals surface area contributed by atoms with Gasteiger partial charge in [0.15, 0.2) is 5.82 Å². The summed E-state index contributed by atoms with van der Waals surface area (Å²) in [6.07, 6.45) is 0. The second kappa shape index (κ2) is 5.90. The highest BCUT2D eigenvalue weighted by atomic mass is 35.5. The maximum absolute atomic E-state index is 13.8. The summed E-state index contributed by atoms with van der Waals surface area (Å²) in [5.41, 5.74) is -0.713. The molecule has 0 unspecified atom stereocenters. The summed E-state index contributed by atoms with van der Waals surface area (Å²) in [6, 6.07) is 7.48. The minimum atomic E-state index is -4.19. The van der Waals surface area contributed by atoms with Crippen molar-refractivity contribution < 1.29 is 17.7 Å². The van der Waals surface area contributed by atoms with Crippen molar-refractivity contribution in [3.63, 3.8) is 0 Å². The topological polar surface area (TPSA) is 89.3 Å². The lowest BCUT2D eigenvalue weighted by Crippen LogP contribution is -2.15. The van der Waals surface area contributed by atoms with Crippen LogP contribution in [0, 0.1) is 22.9 Å². The first-order chi connectivity index (χ1) is 10.2. The fraction of sp³-hybridized carbons (Fsp3) is 0.0769. The fourth-order valence-corrected chi connectivity index (χ4v) is 3.37. The number of nitro benzene ring substituents is 1. The van der Waals surface area contributed by atoms with E-state index in [9.17, 15) is 22.9 Å². The van der Waals surface area contributed by atoms with Crippen molar-refractivity contribution in [2.24, 2.45) is 0 Å². The second-order valence-electron chi connectivity index (χ2n) is 4.36. The van der Waals surface area contributed by atoms with Crippen LogP contribution in [0.2, 0.25) is 5.02 Å². The van der Waals surface area contributed by atoms with Gasteiger partial charge in [-0.05, 0) is 25.1 Å². The third-order valence-electron chi connectivity index (χ3n) is 2.94. The lowest BCUT2D eigenvalue weighted by molar-refractivity contribution is -0.385. The number of halogens is 2. The first-order valence-corrected chi connectivity index (χ1v) is 7.81. The third-order valence-corrected chi connectivity index (χ3v) is 4.74. The van der Waals surface area contributed by atoms with Gasteiger partial charge in [-0.3, -0.25) is 14.8 Å². The van der Waals surface area contributed by atoms with E-state index in [1.807, 2.05) is 4.72 Å². The highest BCUT2D eigenvalue weighted by Crippen LogP contribution is 2.28. The molecular formula is C13H10ClFN2O4S. The summed E-state index contributed by atoms with van der Waals surface area (Å²) in [7, 11) is -4.19. The molecule has 2 aromatic rings. The first kappa shape index (κ1) is 16.2. The average Bonchev–Trinajstić information content (AvgIpc) is 2.43. The van der Waals surface area contributed by atoms with E-state index in [4.69, 9.17) is 11.6 Å². The van der Waals surface area contributed by atoms with Gasteiger partial charge in [0.2, 0.25) is 0 Å². The second-order valence-corrected chi connectivity index (χ2v) is 6.42. The van der Waals surface area contributed by atoms with Crippen LogP contribution in [0.15, 0.2) is 41.3 Å². The molecule has 0 aliphatic heterocycles. The quantitative estimate of drug-likeness (QED) is 0.679. The molecule has 0 saturated heterocycles. The van der Waals surface area contributed by atoms with E-state index in [1.165, 1.54) is 43.3 Å². The SMILES string of the molecule is Cc1c([N+](=O)[O-])cccc1S(=O)(=O)Nc1cccc(Cl)c1F. The maximum Gasteiger partial charge on any atom is 0.273 e. The highest BCUT2D eigenvalue weighted by Gasteiger charge is 2.24. The number of sulfonamides is 1. The fourth-order valence-electron chi connectivity index (χ4n) is 1.87. The summed E-state index contributed by atoms with van der Waals surface area (Å²) >= 11 is 5.59. The van der Waals surface area contributed by atoms with Gasteiger partial charge in [-0.15, -0.1) is 0 Å². The molecule has 0 bridgehead atoms. The molecule has 0 aliphatic rings. The van der Waals surface area contributed by atoms with Crippen LogP contribution < -0.4 is 4.72 Å². The number of anilines is 1. The highest BCUT2D eigenvalue weighted by molar-refractivity contribution is 7.92. The molecule has 116 valence electrons. The van der Waals surface area contributed by atoms with Gasteiger partial charge in [0.25, 0.3) is 15.7 Å². The molecule has 0 fully saturated rings. The van der Waals surface area contributed by atoms with Gasteiger partial charge < -0.3 is 0 Å². The minimum Gasteiger partial charge on any atom is -0.277 e. The Morgan fingerprint density at radius 3 is 2.50 bits per heavy atom. The van der Waals surface area contributed by atoms with E-state index in [1.54, 1.807) is 0 Å². The van der Waals surface area contributed by atoms with Gasteiger partial charge in [0.05, 0.1) is 20.5 Å². The van der Waals surface area contributed by atoms with Crippen LogP contribution in [-0.4, -0.2) is 13.3 Å². The standard InChI is InChI=1S/C13H10ClFN2O4S/c1-8-11(17(18)19)6-3-7-12(8)22(20,21)16-10-5-2-4-9(14)13(10)15/h2-7,16H,1H3. The van der Waals surface area contributed by atoms with E-state index >= 15 is 0 Å². The van der Waals surface area contributed by atoms with Crippen molar-refractivity contribution in [1.29, 1.82) is 0 Å². The minimum absolute atomic E-state index is 0.0394. The van der Waals surface area contributed by atoms with E-state index in [0.717, 1.165) is 0 Å². The molecule has 9 heteroatoms. The predicted molar refractivity (Wildman–Crippen MR) is 80.1 cm³/mol. The zero-order chi connectivity index (χ0) is 16.5. The Morgan fingerprint density at radius 2 is 1.86 bits per heavy atom. The molecule has 1 N–H and O–H groups in total. The molecule has 0 heterocycles. The van der Waals surface area contributed by atoms with Crippen LogP contribution in [0.1, 0.15) is 5.56 Å². The Balaban J connectivity index is 2.50. The normalized spacial score (nSPS) is 11.2. The lowest BCUT2D eigenvalue weighted by atomic mass is 10.2. The summed E-state index contributed by atoms with van der Waals surface area (Å²) < 4.78 is 40.5. The summed E-state index contributed by atoms with van der Waals surface area (Å²) in [5.74, 6) is -0.921. The molecule has 0 radical (unpaired) electrons. The van der Waals surface area contributed by atoms with Gasteiger partial charge in [-0.2, -0.15) is 0 Å². The van der Waals surface area contributed by atoms with Crippen molar-refractivity contribution in [2.75, 3.05) is 4.72 Å². The van der Waals surface area contributed by atoms with Crippen molar-refractivity contribution in [3.8, 4) is 0 Å². The van der Waals surface area contributed by atoms with E-state index in [-0.39, 0.29) is 26.9 Å². The van der Waals surface area contributed by atoms with Gasteiger partial charge in [0, 0.05) is 11.6 Å².